The predicted molar refractivity (Wildman–Crippen MR) is 48.9 cm³/mol. The lowest BCUT2D eigenvalue weighted by Gasteiger charge is -1.96. The molecule has 6 heteroatoms. The molecule has 0 atom stereocenters. The minimum atomic E-state index is -1.26. The van der Waals surface area contributed by atoms with E-state index in [0.29, 0.717) is 8.62 Å². The van der Waals surface area contributed by atoms with Crippen LogP contribution in [-0.2, 0) is 0 Å². The molecule has 2 aromatic rings. The van der Waals surface area contributed by atoms with Crippen LogP contribution in [-0.4, -0.2) is 10.1 Å². The van der Waals surface area contributed by atoms with E-state index in [1.54, 1.807) is 0 Å². The summed E-state index contributed by atoms with van der Waals surface area (Å²) in [4.78, 5) is 3.72. The number of rotatable bonds is 0. The van der Waals surface area contributed by atoms with Crippen molar-refractivity contribution in [2.75, 3.05) is 0 Å². The van der Waals surface area contributed by atoms with Gasteiger partial charge in [0.2, 0.25) is 5.82 Å². The highest BCUT2D eigenvalue weighted by atomic mass is 79.9. The first-order valence-corrected chi connectivity index (χ1v) is 4.83. The molecule has 1 aromatic heterocycles. The predicted octanol–water partition coefficient (Wildman–Crippen LogP) is 3.04. The number of benzene rings is 1. The molecule has 68 valence electrons. The van der Waals surface area contributed by atoms with Gasteiger partial charge in [-0.3, -0.25) is 0 Å². The first kappa shape index (κ1) is 8.83. The van der Waals surface area contributed by atoms with Crippen molar-refractivity contribution >= 4 is 37.5 Å². The molecule has 2 nitrogen and oxygen atoms in total. The summed E-state index contributed by atoms with van der Waals surface area (Å²) < 4.78 is 26.7. The summed E-state index contributed by atoms with van der Waals surface area (Å²) in [7, 11) is 0. The summed E-state index contributed by atoms with van der Waals surface area (Å²) >= 11 is 4.17. The van der Waals surface area contributed by atoms with Crippen LogP contribution < -0.4 is 0 Å². The number of thiazole rings is 1. The van der Waals surface area contributed by atoms with Crippen LogP contribution in [0.5, 0.6) is 5.75 Å². The average molecular weight is 266 g/mol. The van der Waals surface area contributed by atoms with Crippen LogP contribution in [0.3, 0.4) is 0 Å². The highest BCUT2D eigenvalue weighted by Crippen LogP contribution is 2.33. The van der Waals surface area contributed by atoms with Crippen LogP contribution >= 0.6 is 27.3 Å². The minimum Gasteiger partial charge on any atom is -0.505 e. The third-order valence-electron chi connectivity index (χ3n) is 1.52. The topological polar surface area (TPSA) is 33.1 Å². The third-order valence-corrected chi connectivity index (χ3v) is 2.97. The minimum absolute atomic E-state index is 0.0628. The summed E-state index contributed by atoms with van der Waals surface area (Å²) in [6.07, 6.45) is 0. The van der Waals surface area contributed by atoms with Gasteiger partial charge in [0.1, 0.15) is 5.52 Å². The second-order valence-electron chi connectivity index (χ2n) is 2.34. The zero-order valence-electron chi connectivity index (χ0n) is 6.01. The van der Waals surface area contributed by atoms with E-state index >= 15 is 0 Å². The van der Waals surface area contributed by atoms with E-state index in [9.17, 15) is 8.78 Å². The Balaban J connectivity index is 2.92. The Kier molecular flexibility index (Phi) is 1.96. The molecule has 0 unspecified atom stereocenters. The van der Waals surface area contributed by atoms with Crippen LogP contribution in [0, 0.1) is 11.6 Å². The number of halogens is 3. The van der Waals surface area contributed by atoms with E-state index in [1.807, 2.05) is 0 Å². The van der Waals surface area contributed by atoms with Gasteiger partial charge in [-0.05, 0) is 15.9 Å². The van der Waals surface area contributed by atoms with E-state index in [1.165, 1.54) is 0 Å². The second-order valence-corrected chi connectivity index (χ2v) is 4.64. The Morgan fingerprint density at radius 1 is 1.38 bits per heavy atom. The van der Waals surface area contributed by atoms with Crippen molar-refractivity contribution < 1.29 is 13.9 Å². The molecule has 1 aromatic carbocycles. The molecule has 2 rings (SSSR count). The molecule has 0 bridgehead atoms. The lowest BCUT2D eigenvalue weighted by atomic mass is 10.3. The van der Waals surface area contributed by atoms with E-state index < -0.39 is 17.4 Å². The molecule has 13 heavy (non-hydrogen) atoms. The van der Waals surface area contributed by atoms with E-state index in [-0.39, 0.29) is 5.52 Å². The first-order valence-electron chi connectivity index (χ1n) is 3.22. The van der Waals surface area contributed by atoms with E-state index in [0.717, 1.165) is 17.4 Å². The summed E-state index contributed by atoms with van der Waals surface area (Å²) in [5.74, 6) is -3.07. The Morgan fingerprint density at radius 2 is 2.08 bits per heavy atom. The molecule has 0 saturated carbocycles. The largest absolute Gasteiger partial charge is 0.505 e. The number of hydrogen-bond acceptors (Lipinski definition) is 3. The fraction of sp³-hybridized carbons (Fsp3) is 0. The molecule has 1 N–H and O–H groups in total. The van der Waals surface area contributed by atoms with Crippen LogP contribution in [0.15, 0.2) is 9.98 Å². The first-order chi connectivity index (χ1) is 6.09. The van der Waals surface area contributed by atoms with Gasteiger partial charge in [-0.1, -0.05) is 0 Å². The number of fused-ring (bicyclic) bond motifs is 1. The molecule has 1 heterocycles. The van der Waals surface area contributed by atoms with Crippen molar-refractivity contribution in [2.45, 2.75) is 0 Å². The molecular formula is C7H2BrF2NOS. The number of hydrogen-bond donors (Lipinski definition) is 1. The van der Waals surface area contributed by atoms with Gasteiger partial charge in [-0.15, -0.1) is 11.3 Å². The van der Waals surface area contributed by atoms with Crippen molar-refractivity contribution in [3.63, 3.8) is 0 Å². The maximum atomic E-state index is 13.1. The number of aromatic hydroxyl groups is 1. The molecule has 0 aliphatic carbocycles. The van der Waals surface area contributed by atoms with Gasteiger partial charge in [-0.2, -0.15) is 4.39 Å². The second kappa shape index (κ2) is 2.88. The quantitative estimate of drug-likeness (QED) is 0.795. The Bertz CT molecular complexity index is 485. The van der Waals surface area contributed by atoms with Crippen molar-refractivity contribution in [2.24, 2.45) is 0 Å². The maximum Gasteiger partial charge on any atom is 0.202 e. The Labute approximate surface area is 84.0 Å². The standard InChI is InChI=1S/C7H2BrF2NOS/c8-7-11-6-3(13-7)1-2(12)4(9)5(6)10/h1,12H. The van der Waals surface area contributed by atoms with E-state index in [2.05, 4.69) is 20.9 Å². The van der Waals surface area contributed by atoms with Crippen molar-refractivity contribution in [3.05, 3.63) is 21.6 Å². The zero-order valence-corrected chi connectivity index (χ0v) is 8.42. The molecule has 0 aliphatic rings. The summed E-state index contributed by atoms with van der Waals surface area (Å²) in [6, 6.07) is 1.15. The average Bonchev–Trinajstić information content (AvgIpc) is 2.42. The lowest BCUT2D eigenvalue weighted by Crippen LogP contribution is -1.85. The third kappa shape index (κ3) is 1.30. The van der Waals surface area contributed by atoms with Crippen LogP contribution in [0.2, 0.25) is 0 Å². The molecular weight excluding hydrogens is 264 g/mol. The molecule has 0 fully saturated rings. The highest BCUT2D eigenvalue weighted by Gasteiger charge is 2.15. The SMILES string of the molecule is Oc1cc2sc(Br)nc2c(F)c1F. The van der Waals surface area contributed by atoms with E-state index in [4.69, 9.17) is 5.11 Å². The molecule has 0 saturated heterocycles. The van der Waals surface area contributed by atoms with Gasteiger partial charge in [0, 0.05) is 6.07 Å². The Morgan fingerprint density at radius 3 is 2.77 bits per heavy atom. The molecule has 0 radical (unpaired) electrons. The van der Waals surface area contributed by atoms with Crippen LogP contribution in [0.4, 0.5) is 8.78 Å². The highest BCUT2D eigenvalue weighted by molar-refractivity contribution is 9.11. The molecule has 0 aliphatic heterocycles. The van der Waals surface area contributed by atoms with Crippen LogP contribution in [0.25, 0.3) is 10.2 Å². The number of phenols is 1. The molecule has 0 spiro atoms. The maximum absolute atomic E-state index is 13.1. The lowest BCUT2D eigenvalue weighted by molar-refractivity contribution is 0.410. The van der Waals surface area contributed by atoms with Gasteiger partial charge in [0.25, 0.3) is 0 Å². The number of phenolic OH excluding ortho intramolecular Hbond substituents is 1. The summed E-state index contributed by atoms with van der Waals surface area (Å²) in [5.41, 5.74) is -0.0628. The number of aromatic nitrogens is 1. The number of nitrogens with zero attached hydrogens (tertiary/aromatic N) is 1. The van der Waals surface area contributed by atoms with Gasteiger partial charge in [-0.25, -0.2) is 9.37 Å². The Hall–Kier alpha value is -0.750. The fourth-order valence-corrected chi connectivity index (χ4v) is 2.39. The van der Waals surface area contributed by atoms with Gasteiger partial charge in [0.15, 0.2) is 15.5 Å². The summed E-state index contributed by atoms with van der Waals surface area (Å²) in [6.45, 7) is 0. The smallest absolute Gasteiger partial charge is 0.202 e. The van der Waals surface area contributed by atoms with Crippen LogP contribution in [0.1, 0.15) is 0 Å². The van der Waals surface area contributed by atoms with Gasteiger partial charge < -0.3 is 5.11 Å². The zero-order chi connectivity index (χ0) is 9.59. The normalized spacial score (nSPS) is 11.0. The van der Waals surface area contributed by atoms with Crippen molar-refractivity contribution in [1.29, 1.82) is 0 Å². The van der Waals surface area contributed by atoms with Gasteiger partial charge in [0.05, 0.1) is 4.70 Å². The molecule has 0 amide bonds. The summed E-state index contributed by atoms with van der Waals surface area (Å²) in [5, 5.41) is 8.96. The van der Waals surface area contributed by atoms with Crippen molar-refractivity contribution in [1.82, 2.24) is 4.98 Å². The monoisotopic (exact) mass is 265 g/mol. The van der Waals surface area contributed by atoms with Crippen molar-refractivity contribution in [3.8, 4) is 5.75 Å². The van der Waals surface area contributed by atoms with Gasteiger partial charge >= 0.3 is 0 Å². The fourth-order valence-electron chi connectivity index (χ4n) is 0.964.